The summed E-state index contributed by atoms with van der Waals surface area (Å²) >= 11 is 1.40. The average molecular weight is 407 g/mol. The molecule has 2 aliphatic rings. The molecule has 4 nitrogen and oxygen atoms in total. The van der Waals surface area contributed by atoms with Crippen LogP contribution in [0.3, 0.4) is 0 Å². The fourth-order valence-electron chi connectivity index (χ4n) is 4.04. The maximum atomic E-state index is 13.6. The lowest BCUT2D eigenvalue weighted by Gasteiger charge is -2.24. The number of anilines is 1. The molecule has 4 rings (SSSR count). The lowest BCUT2D eigenvalue weighted by atomic mass is 10.1. The van der Waals surface area contributed by atoms with Gasteiger partial charge in [0, 0.05) is 18.0 Å². The molecule has 0 atom stereocenters. The van der Waals surface area contributed by atoms with Gasteiger partial charge in [-0.3, -0.25) is 9.59 Å². The van der Waals surface area contributed by atoms with E-state index in [2.05, 4.69) is 4.90 Å². The first-order valence-corrected chi connectivity index (χ1v) is 11.1. The minimum atomic E-state index is -0.213. The van der Waals surface area contributed by atoms with E-state index in [4.69, 9.17) is 0 Å². The van der Waals surface area contributed by atoms with Crippen molar-refractivity contribution in [2.75, 3.05) is 18.0 Å². The third-order valence-electron chi connectivity index (χ3n) is 5.50. The second kappa shape index (κ2) is 8.46. The molecule has 0 radical (unpaired) electrons. The number of rotatable bonds is 4. The Morgan fingerprint density at radius 3 is 2.17 bits per heavy atom. The Bertz CT molecular complexity index is 960. The molecule has 0 spiro atoms. The maximum absolute atomic E-state index is 13.6. The Kier molecular flexibility index (Phi) is 5.76. The summed E-state index contributed by atoms with van der Waals surface area (Å²) in [5, 5.41) is 0. The van der Waals surface area contributed by atoms with Crippen LogP contribution in [0.4, 0.5) is 5.69 Å². The molecule has 2 aliphatic heterocycles. The second-order valence-corrected chi connectivity index (χ2v) is 8.81. The number of nitrogens with zero attached hydrogens (tertiary/aromatic N) is 2. The highest BCUT2D eigenvalue weighted by Crippen LogP contribution is 2.40. The van der Waals surface area contributed by atoms with Gasteiger partial charge < -0.3 is 4.90 Å². The second-order valence-electron chi connectivity index (χ2n) is 7.73. The minimum Gasteiger partial charge on any atom is -0.366 e. The largest absolute Gasteiger partial charge is 0.366 e. The molecule has 2 aromatic carbocycles. The number of amides is 2. The van der Waals surface area contributed by atoms with E-state index in [0.717, 1.165) is 42.0 Å². The first-order valence-electron chi connectivity index (χ1n) is 10.2. The normalized spacial score (nSPS) is 17.9. The van der Waals surface area contributed by atoms with E-state index in [1.807, 2.05) is 62.4 Å². The van der Waals surface area contributed by atoms with E-state index >= 15 is 0 Å². The summed E-state index contributed by atoms with van der Waals surface area (Å²) in [4.78, 5) is 32.1. The molecule has 150 valence electrons. The van der Waals surface area contributed by atoms with E-state index in [9.17, 15) is 9.59 Å². The summed E-state index contributed by atoms with van der Waals surface area (Å²) in [5.41, 5.74) is 3.31. The van der Waals surface area contributed by atoms with Crippen LogP contribution in [0.25, 0.3) is 0 Å². The van der Waals surface area contributed by atoms with Crippen LogP contribution < -0.4 is 4.90 Å². The van der Waals surface area contributed by atoms with Crippen molar-refractivity contribution in [3.8, 4) is 0 Å². The monoisotopic (exact) mass is 406 g/mol. The molecule has 1 fully saturated rings. The van der Waals surface area contributed by atoms with Gasteiger partial charge in [0.05, 0.1) is 5.69 Å². The summed E-state index contributed by atoms with van der Waals surface area (Å²) in [6.07, 6.45) is 4.46. The highest BCUT2D eigenvalue weighted by Gasteiger charge is 2.42. The number of benzene rings is 2. The number of hydrogen-bond acceptors (Lipinski definition) is 4. The molecule has 2 heterocycles. The van der Waals surface area contributed by atoms with Crippen molar-refractivity contribution in [3.63, 3.8) is 0 Å². The van der Waals surface area contributed by atoms with Crippen molar-refractivity contribution < 1.29 is 9.59 Å². The van der Waals surface area contributed by atoms with Gasteiger partial charge in [0.1, 0.15) is 10.6 Å². The van der Waals surface area contributed by atoms with Gasteiger partial charge in [0.25, 0.3) is 11.8 Å². The van der Waals surface area contributed by atoms with Gasteiger partial charge in [0.2, 0.25) is 0 Å². The molecule has 0 aliphatic carbocycles. The summed E-state index contributed by atoms with van der Waals surface area (Å²) in [7, 11) is 0. The van der Waals surface area contributed by atoms with Crippen molar-refractivity contribution in [1.29, 1.82) is 0 Å². The fourth-order valence-corrected chi connectivity index (χ4v) is 5.07. The Morgan fingerprint density at radius 1 is 0.828 bits per heavy atom. The number of imide groups is 1. The molecule has 5 heteroatoms. The molecule has 0 aromatic heterocycles. The summed E-state index contributed by atoms with van der Waals surface area (Å²) < 4.78 is 0. The smallest absolute Gasteiger partial charge is 0.283 e. The summed E-state index contributed by atoms with van der Waals surface area (Å²) in [6.45, 7) is 5.63. The van der Waals surface area contributed by atoms with E-state index in [-0.39, 0.29) is 11.8 Å². The van der Waals surface area contributed by atoms with Crippen LogP contribution in [0.5, 0.6) is 0 Å². The van der Waals surface area contributed by atoms with Crippen LogP contribution in [0.2, 0.25) is 0 Å². The maximum Gasteiger partial charge on any atom is 0.283 e. The lowest BCUT2D eigenvalue weighted by Crippen LogP contribution is -2.36. The first kappa shape index (κ1) is 19.8. The quantitative estimate of drug-likeness (QED) is 0.666. The van der Waals surface area contributed by atoms with Crippen LogP contribution in [0.1, 0.15) is 36.8 Å². The number of hydrogen-bond donors (Lipinski definition) is 0. The molecule has 0 N–H and O–H groups in total. The predicted molar refractivity (Wildman–Crippen MR) is 118 cm³/mol. The molecular formula is C24H26N2O2S. The topological polar surface area (TPSA) is 40.6 Å². The lowest BCUT2D eigenvalue weighted by molar-refractivity contribution is -0.121. The van der Waals surface area contributed by atoms with Crippen molar-refractivity contribution in [3.05, 3.63) is 70.3 Å². The van der Waals surface area contributed by atoms with Crippen LogP contribution in [0.15, 0.2) is 64.0 Å². The third-order valence-corrected chi connectivity index (χ3v) is 6.58. The molecule has 29 heavy (non-hydrogen) atoms. The Balaban J connectivity index is 1.76. The molecule has 2 aromatic rings. The fraction of sp³-hybridized carbons (Fsp3) is 0.333. The van der Waals surface area contributed by atoms with E-state index in [1.165, 1.54) is 29.5 Å². The summed E-state index contributed by atoms with van der Waals surface area (Å²) in [6, 6.07) is 15.7. The predicted octanol–water partition coefficient (Wildman–Crippen LogP) is 5.06. The van der Waals surface area contributed by atoms with Crippen molar-refractivity contribution in [2.24, 2.45) is 0 Å². The Hall–Kier alpha value is -2.53. The van der Waals surface area contributed by atoms with E-state index in [1.54, 1.807) is 0 Å². The van der Waals surface area contributed by atoms with Crippen molar-refractivity contribution in [1.82, 2.24) is 4.90 Å². The average Bonchev–Trinajstić information content (AvgIpc) is 2.89. The molecule has 2 amide bonds. The van der Waals surface area contributed by atoms with Crippen LogP contribution in [0, 0.1) is 13.8 Å². The zero-order chi connectivity index (χ0) is 20.4. The molecule has 0 saturated carbocycles. The molecule has 0 bridgehead atoms. The zero-order valence-corrected chi connectivity index (χ0v) is 17.8. The van der Waals surface area contributed by atoms with Crippen LogP contribution in [-0.4, -0.2) is 29.8 Å². The first-order chi connectivity index (χ1) is 14.1. The Morgan fingerprint density at radius 2 is 1.52 bits per heavy atom. The van der Waals surface area contributed by atoms with Gasteiger partial charge in [-0.15, -0.1) is 0 Å². The molecule has 0 unspecified atom stereocenters. The van der Waals surface area contributed by atoms with Gasteiger partial charge >= 0.3 is 0 Å². The third kappa shape index (κ3) is 3.97. The zero-order valence-electron chi connectivity index (χ0n) is 17.0. The summed E-state index contributed by atoms with van der Waals surface area (Å²) in [5.74, 6) is -0.405. The standard InChI is InChI=1S/C24H26N2O2S/c1-17-12-13-20(18(2)16-17)26-23(27)21(25-14-8-3-4-9-15-25)22(24(26)28)29-19-10-6-5-7-11-19/h5-7,10-13,16H,3-4,8-9,14-15H2,1-2H3. The highest BCUT2D eigenvalue weighted by atomic mass is 32.2. The van der Waals surface area contributed by atoms with E-state index in [0.29, 0.717) is 16.3 Å². The van der Waals surface area contributed by atoms with Gasteiger partial charge in [-0.25, -0.2) is 4.90 Å². The van der Waals surface area contributed by atoms with Crippen LogP contribution >= 0.6 is 11.8 Å². The number of carbonyl (C=O) groups is 2. The van der Waals surface area contributed by atoms with Gasteiger partial charge in [-0.1, -0.05) is 60.5 Å². The van der Waals surface area contributed by atoms with Gasteiger partial charge in [0.15, 0.2) is 0 Å². The van der Waals surface area contributed by atoms with Crippen molar-refractivity contribution in [2.45, 2.75) is 44.4 Å². The SMILES string of the molecule is Cc1ccc(N2C(=O)C(Sc3ccccc3)=C(N3CCCCCC3)C2=O)c(C)c1. The number of aryl methyl sites for hydroxylation is 2. The van der Waals surface area contributed by atoms with Crippen molar-refractivity contribution >= 4 is 29.3 Å². The van der Waals surface area contributed by atoms with Gasteiger partial charge in [-0.2, -0.15) is 0 Å². The number of carbonyl (C=O) groups excluding carboxylic acids is 2. The highest BCUT2D eigenvalue weighted by molar-refractivity contribution is 8.04. The van der Waals surface area contributed by atoms with Crippen LogP contribution in [-0.2, 0) is 9.59 Å². The molecule has 1 saturated heterocycles. The van der Waals surface area contributed by atoms with E-state index < -0.39 is 0 Å². The number of likely N-dealkylation sites (tertiary alicyclic amines) is 1. The minimum absolute atomic E-state index is 0.192. The number of thioether (sulfide) groups is 1. The Labute approximate surface area is 176 Å². The van der Waals surface area contributed by atoms with Gasteiger partial charge in [-0.05, 0) is 50.5 Å². The molecular weight excluding hydrogens is 380 g/mol.